The van der Waals surface area contributed by atoms with Gasteiger partial charge in [-0.05, 0) is 57.0 Å². The maximum absolute atomic E-state index is 12.0. The van der Waals surface area contributed by atoms with E-state index in [0.29, 0.717) is 24.0 Å². The number of fused-ring (bicyclic) bond motifs is 2. The highest BCUT2D eigenvalue weighted by Gasteiger charge is 2.34. The fraction of sp³-hybridized carbons (Fsp3) is 0.929. The number of piperidine rings is 1. The van der Waals surface area contributed by atoms with E-state index in [1.165, 1.54) is 25.7 Å². The minimum atomic E-state index is 0.259. The lowest BCUT2D eigenvalue weighted by Gasteiger charge is -2.29. The van der Waals surface area contributed by atoms with Crippen molar-refractivity contribution in [2.24, 2.45) is 5.92 Å². The number of rotatable bonds is 6. The molecule has 2 heterocycles. The molecule has 3 atom stereocenters. The quantitative estimate of drug-likeness (QED) is 0.777. The van der Waals surface area contributed by atoms with Gasteiger partial charge in [-0.3, -0.25) is 4.79 Å². The molecule has 104 valence electrons. The number of hydrogen-bond acceptors (Lipinski definition) is 3. The molecule has 2 aliphatic heterocycles. The number of amides is 1. The van der Waals surface area contributed by atoms with Crippen LogP contribution in [0.2, 0.25) is 0 Å². The molecular weight excluding hydrogens is 244 g/mol. The zero-order valence-electron chi connectivity index (χ0n) is 11.6. The SMILES string of the molecule is CSCCC(C)NC(=O)CC1CC2CCC(C1)N2. The van der Waals surface area contributed by atoms with Crippen molar-refractivity contribution in [2.75, 3.05) is 12.0 Å². The molecular formula is C14H26N2OS. The van der Waals surface area contributed by atoms with E-state index in [4.69, 9.17) is 0 Å². The zero-order chi connectivity index (χ0) is 13.0. The van der Waals surface area contributed by atoms with Crippen LogP contribution in [0.3, 0.4) is 0 Å². The van der Waals surface area contributed by atoms with Crippen LogP contribution in [0.1, 0.15) is 45.4 Å². The summed E-state index contributed by atoms with van der Waals surface area (Å²) in [5, 5.41) is 6.77. The topological polar surface area (TPSA) is 41.1 Å². The molecule has 0 saturated carbocycles. The maximum Gasteiger partial charge on any atom is 0.220 e. The Morgan fingerprint density at radius 3 is 2.67 bits per heavy atom. The van der Waals surface area contributed by atoms with Crippen molar-refractivity contribution in [2.45, 2.75) is 63.6 Å². The fourth-order valence-corrected chi connectivity index (χ4v) is 3.89. The molecule has 0 radical (unpaired) electrons. The maximum atomic E-state index is 12.0. The highest BCUT2D eigenvalue weighted by atomic mass is 32.2. The van der Waals surface area contributed by atoms with E-state index in [-0.39, 0.29) is 5.91 Å². The van der Waals surface area contributed by atoms with Crippen molar-refractivity contribution in [1.29, 1.82) is 0 Å². The van der Waals surface area contributed by atoms with Crippen LogP contribution in [0.25, 0.3) is 0 Å². The van der Waals surface area contributed by atoms with Crippen molar-refractivity contribution < 1.29 is 4.79 Å². The highest BCUT2D eigenvalue weighted by molar-refractivity contribution is 7.98. The molecule has 18 heavy (non-hydrogen) atoms. The molecule has 4 heteroatoms. The van der Waals surface area contributed by atoms with Crippen LogP contribution in [-0.4, -0.2) is 36.0 Å². The van der Waals surface area contributed by atoms with Crippen molar-refractivity contribution in [3.63, 3.8) is 0 Å². The lowest BCUT2D eigenvalue weighted by Crippen LogP contribution is -2.40. The van der Waals surface area contributed by atoms with Crippen molar-refractivity contribution >= 4 is 17.7 Å². The average molecular weight is 270 g/mol. The monoisotopic (exact) mass is 270 g/mol. The summed E-state index contributed by atoms with van der Waals surface area (Å²) in [5.41, 5.74) is 0. The summed E-state index contributed by atoms with van der Waals surface area (Å²) in [6, 6.07) is 1.70. The van der Waals surface area contributed by atoms with Gasteiger partial charge in [0.1, 0.15) is 0 Å². The minimum Gasteiger partial charge on any atom is -0.354 e. The zero-order valence-corrected chi connectivity index (χ0v) is 12.4. The number of carbonyl (C=O) groups is 1. The van der Waals surface area contributed by atoms with Gasteiger partial charge in [0.05, 0.1) is 0 Å². The van der Waals surface area contributed by atoms with Gasteiger partial charge in [-0.25, -0.2) is 0 Å². The standard InChI is InChI=1S/C14H26N2OS/c1-10(5-6-18-2)15-14(17)9-11-7-12-3-4-13(8-11)16-12/h10-13,16H,3-9H2,1-2H3,(H,15,17). The number of nitrogens with one attached hydrogen (secondary N) is 2. The first-order chi connectivity index (χ1) is 8.67. The summed E-state index contributed by atoms with van der Waals surface area (Å²) in [6.45, 7) is 2.11. The Bertz CT molecular complexity index is 273. The van der Waals surface area contributed by atoms with Gasteiger partial charge in [0.25, 0.3) is 0 Å². The van der Waals surface area contributed by atoms with E-state index in [1.54, 1.807) is 0 Å². The van der Waals surface area contributed by atoms with E-state index in [2.05, 4.69) is 23.8 Å². The predicted octanol–water partition coefficient (Wildman–Crippen LogP) is 2.16. The molecule has 2 bridgehead atoms. The van der Waals surface area contributed by atoms with Crippen molar-refractivity contribution in [3.8, 4) is 0 Å². The van der Waals surface area contributed by atoms with Gasteiger partial charge in [0.2, 0.25) is 5.91 Å². The molecule has 0 aliphatic carbocycles. The third-order valence-corrected chi connectivity index (χ3v) is 4.85. The molecule has 2 fully saturated rings. The van der Waals surface area contributed by atoms with Crippen LogP contribution in [0.5, 0.6) is 0 Å². The number of carbonyl (C=O) groups excluding carboxylic acids is 1. The van der Waals surface area contributed by atoms with E-state index in [1.807, 2.05) is 11.8 Å². The highest BCUT2D eigenvalue weighted by Crippen LogP contribution is 2.32. The third kappa shape index (κ3) is 4.16. The van der Waals surface area contributed by atoms with Crippen LogP contribution in [0.4, 0.5) is 0 Å². The van der Waals surface area contributed by atoms with Crippen LogP contribution < -0.4 is 10.6 Å². The second-order valence-electron chi connectivity index (χ2n) is 5.93. The van der Waals surface area contributed by atoms with E-state index in [0.717, 1.165) is 18.6 Å². The van der Waals surface area contributed by atoms with Gasteiger partial charge in [-0.2, -0.15) is 11.8 Å². The Kier molecular flexibility index (Phi) is 5.37. The summed E-state index contributed by atoms with van der Waals surface area (Å²) >= 11 is 1.84. The summed E-state index contributed by atoms with van der Waals surface area (Å²) in [5.74, 6) is 1.99. The molecule has 2 rings (SSSR count). The molecule has 0 aromatic carbocycles. The van der Waals surface area contributed by atoms with E-state index < -0.39 is 0 Å². The Morgan fingerprint density at radius 2 is 2.06 bits per heavy atom. The first-order valence-electron chi connectivity index (χ1n) is 7.21. The molecule has 2 N–H and O–H groups in total. The molecule has 0 aromatic rings. The van der Waals surface area contributed by atoms with Crippen LogP contribution >= 0.6 is 11.8 Å². The fourth-order valence-electron chi connectivity index (χ4n) is 3.30. The van der Waals surface area contributed by atoms with Gasteiger partial charge in [0, 0.05) is 24.5 Å². The molecule has 2 saturated heterocycles. The Hall–Kier alpha value is -0.220. The van der Waals surface area contributed by atoms with Crippen molar-refractivity contribution in [1.82, 2.24) is 10.6 Å². The summed E-state index contributed by atoms with van der Waals surface area (Å²) in [6.07, 6.45) is 8.94. The Morgan fingerprint density at radius 1 is 1.39 bits per heavy atom. The third-order valence-electron chi connectivity index (χ3n) is 4.21. The van der Waals surface area contributed by atoms with Gasteiger partial charge < -0.3 is 10.6 Å². The largest absolute Gasteiger partial charge is 0.354 e. The smallest absolute Gasteiger partial charge is 0.220 e. The summed E-state index contributed by atoms with van der Waals surface area (Å²) < 4.78 is 0. The first-order valence-corrected chi connectivity index (χ1v) is 8.61. The molecule has 3 nitrogen and oxygen atoms in total. The Labute approximate surface area is 115 Å². The van der Waals surface area contributed by atoms with Gasteiger partial charge in [-0.15, -0.1) is 0 Å². The molecule has 2 aliphatic rings. The van der Waals surface area contributed by atoms with E-state index in [9.17, 15) is 4.79 Å². The van der Waals surface area contributed by atoms with Gasteiger partial charge in [-0.1, -0.05) is 0 Å². The minimum absolute atomic E-state index is 0.259. The average Bonchev–Trinajstić information content (AvgIpc) is 2.66. The second kappa shape index (κ2) is 6.80. The van der Waals surface area contributed by atoms with Gasteiger partial charge in [0.15, 0.2) is 0 Å². The molecule has 3 unspecified atom stereocenters. The normalized spacial score (nSPS) is 32.2. The lowest BCUT2D eigenvalue weighted by atomic mass is 9.89. The molecule has 0 spiro atoms. The van der Waals surface area contributed by atoms with Crippen LogP contribution in [0.15, 0.2) is 0 Å². The number of thioether (sulfide) groups is 1. The first kappa shape index (κ1) is 14.2. The Balaban J connectivity index is 1.67. The summed E-state index contributed by atoms with van der Waals surface area (Å²) in [4.78, 5) is 12.0. The lowest BCUT2D eigenvalue weighted by molar-refractivity contribution is -0.122. The molecule has 0 aromatic heterocycles. The number of hydrogen-bond donors (Lipinski definition) is 2. The summed E-state index contributed by atoms with van der Waals surface area (Å²) in [7, 11) is 0. The van der Waals surface area contributed by atoms with Crippen LogP contribution in [-0.2, 0) is 4.79 Å². The van der Waals surface area contributed by atoms with E-state index >= 15 is 0 Å². The van der Waals surface area contributed by atoms with Crippen molar-refractivity contribution in [3.05, 3.63) is 0 Å². The van der Waals surface area contributed by atoms with Gasteiger partial charge >= 0.3 is 0 Å². The predicted molar refractivity (Wildman–Crippen MR) is 77.9 cm³/mol. The second-order valence-corrected chi connectivity index (χ2v) is 6.92. The van der Waals surface area contributed by atoms with Crippen LogP contribution in [0, 0.1) is 5.92 Å². The molecule has 1 amide bonds.